The van der Waals surface area contributed by atoms with Crippen LogP contribution in [0.15, 0.2) is 12.3 Å². The Kier molecular flexibility index (Phi) is 4.63. The molecule has 0 unspecified atom stereocenters. The maximum atomic E-state index is 10.4. The summed E-state index contributed by atoms with van der Waals surface area (Å²) < 4.78 is 0. The Labute approximate surface area is 62.3 Å². The van der Waals surface area contributed by atoms with E-state index in [4.69, 9.17) is 0 Å². The predicted molar refractivity (Wildman–Crippen MR) is 42.7 cm³/mol. The van der Waals surface area contributed by atoms with Gasteiger partial charge in [0.1, 0.15) is 0 Å². The molecular weight excluding hydrogens is 126 g/mol. The number of nitrogens with one attached hydrogen (secondary N) is 1. The Balaban J connectivity index is 3.27. The Morgan fingerprint density at radius 3 is 2.60 bits per heavy atom. The number of hydrogen-bond donors (Lipinski definition) is 1. The van der Waals surface area contributed by atoms with Gasteiger partial charge in [0.05, 0.1) is 0 Å². The van der Waals surface area contributed by atoms with Crippen molar-refractivity contribution in [1.29, 1.82) is 0 Å². The highest BCUT2D eigenvalue weighted by atomic mass is 16.1. The average Bonchev–Trinajstić information content (AvgIpc) is 1.79. The van der Waals surface area contributed by atoms with E-state index in [1.807, 2.05) is 0 Å². The number of allylic oxidation sites excluding steroid dienone is 1. The zero-order valence-electron chi connectivity index (χ0n) is 6.85. The molecule has 0 bridgehead atoms. The van der Waals surface area contributed by atoms with E-state index in [0.29, 0.717) is 5.92 Å². The molecule has 0 aliphatic heterocycles. The molecular formula is C8H15NO. The highest BCUT2D eigenvalue weighted by Gasteiger charge is 1.87. The minimum atomic E-state index is 0.0799. The van der Waals surface area contributed by atoms with E-state index in [1.54, 1.807) is 6.20 Å². The molecule has 0 heterocycles. The smallest absolute Gasteiger partial charge is 0.154 e. The van der Waals surface area contributed by atoms with Crippen molar-refractivity contribution in [2.24, 2.45) is 5.92 Å². The molecule has 2 heteroatoms. The minimum Gasteiger partial charge on any atom is -0.391 e. The summed E-state index contributed by atoms with van der Waals surface area (Å²) in [5, 5.41) is 3.01. The first-order valence-corrected chi connectivity index (χ1v) is 3.53. The van der Waals surface area contributed by atoms with Crippen LogP contribution in [0.3, 0.4) is 0 Å². The summed E-state index contributed by atoms with van der Waals surface area (Å²) in [6.45, 7) is 6.69. The Morgan fingerprint density at radius 2 is 2.20 bits per heavy atom. The fourth-order valence-corrected chi connectivity index (χ4v) is 0.480. The largest absolute Gasteiger partial charge is 0.391 e. The summed E-state index contributed by atoms with van der Waals surface area (Å²) in [5.74, 6) is 0.702. The highest BCUT2D eigenvalue weighted by Crippen LogP contribution is 1.86. The van der Waals surface area contributed by atoms with E-state index >= 15 is 0 Å². The van der Waals surface area contributed by atoms with Crippen LogP contribution >= 0.6 is 0 Å². The molecule has 0 rings (SSSR count). The summed E-state index contributed by atoms with van der Waals surface area (Å²) in [6, 6.07) is 0. The summed E-state index contributed by atoms with van der Waals surface area (Å²) in [5.41, 5.74) is 0. The molecule has 0 aliphatic carbocycles. The van der Waals surface area contributed by atoms with Gasteiger partial charge in [-0.25, -0.2) is 0 Å². The molecule has 10 heavy (non-hydrogen) atoms. The standard InChI is InChI=1S/C8H15NO/c1-7(2)6-9-5-4-8(3)10/h4-5,7,9H,6H2,1-3H3/b5-4-. The maximum Gasteiger partial charge on any atom is 0.154 e. The van der Waals surface area contributed by atoms with Crippen LogP contribution < -0.4 is 5.32 Å². The molecule has 0 aliphatic rings. The van der Waals surface area contributed by atoms with Crippen LogP contribution in [0, 0.1) is 5.92 Å². The lowest BCUT2D eigenvalue weighted by Gasteiger charge is -2.01. The van der Waals surface area contributed by atoms with Crippen molar-refractivity contribution < 1.29 is 4.79 Å². The second-order valence-electron chi connectivity index (χ2n) is 2.75. The van der Waals surface area contributed by atoms with E-state index in [0.717, 1.165) is 6.54 Å². The lowest BCUT2D eigenvalue weighted by Crippen LogP contribution is -2.12. The third-order valence-corrected chi connectivity index (χ3v) is 0.962. The molecule has 0 spiro atoms. The first-order chi connectivity index (χ1) is 4.63. The molecule has 58 valence electrons. The first-order valence-electron chi connectivity index (χ1n) is 3.53. The molecule has 0 fully saturated rings. The number of rotatable bonds is 4. The first kappa shape index (κ1) is 9.21. The van der Waals surface area contributed by atoms with Crippen LogP contribution in [0.25, 0.3) is 0 Å². The van der Waals surface area contributed by atoms with Gasteiger partial charge < -0.3 is 5.32 Å². The maximum absolute atomic E-state index is 10.4. The van der Waals surface area contributed by atoms with Gasteiger partial charge in [-0.15, -0.1) is 0 Å². The van der Waals surface area contributed by atoms with Gasteiger partial charge >= 0.3 is 0 Å². The van der Waals surface area contributed by atoms with Crippen LogP contribution in [0.5, 0.6) is 0 Å². The van der Waals surface area contributed by atoms with Gasteiger partial charge in [0.25, 0.3) is 0 Å². The van der Waals surface area contributed by atoms with Crippen LogP contribution in [0.1, 0.15) is 20.8 Å². The molecule has 2 nitrogen and oxygen atoms in total. The SMILES string of the molecule is CC(=O)/C=C\NCC(C)C. The molecule has 0 atom stereocenters. The van der Waals surface area contributed by atoms with Gasteiger partial charge in [0.15, 0.2) is 5.78 Å². The fraction of sp³-hybridized carbons (Fsp3) is 0.625. The fourth-order valence-electron chi connectivity index (χ4n) is 0.480. The van der Waals surface area contributed by atoms with E-state index in [1.165, 1.54) is 13.0 Å². The predicted octanol–water partition coefficient (Wildman–Crippen LogP) is 1.33. The topological polar surface area (TPSA) is 29.1 Å². The van der Waals surface area contributed by atoms with Crippen LogP contribution in [0.2, 0.25) is 0 Å². The van der Waals surface area contributed by atoms with Crippen molar-refractivity contribution in [2.75, 3.05) is 6.54 Å². The molecule has 0 aromatic carbocycles. The highest BCUT2D eigenvalue weighted by molar-refractivity contribution is 5.87. The number of carbonyl (C=O) groups is 1. The monoisotopic (exact) mass is 141 g/mol. The van der Waals surface area contributed by atoms with Crippen molar-refractivity contribution in [3.8, 4) is 0 Å². The van der Waals surface area contributed by atoms with Gasteiger partial charge in [-0.05, 0) is 25.1 Å². The summed E-state index contributed by atoms with van der Waals surface area (Å²) in [6.07, 6.45) is 3.23. The summed E-state index contributed by atoms with van der Waals surface area (Å²) >= 11 is 0. The molecule has 0 saturated carbocycles. The van der Waals surface area contributed by atoms with E-state index in [2.05, 4.69) is 19.2 Å². The summed E-state index contributed by atoms with van der Waals surface area (Å²) in [4.78, 5) is 10.4. The van der Waals surface area contributed by atoms with E-state index in [-0.39, 0.29) is 5.78 Å². The third kappa shape index (κ3) is 7.21. The zero-order valence-corrected chi connectivity index (χ0v) is 6.85. The molecule has 0 saturated heterocycles. The van der Waals surface area contributed by atoms with E-state index in [9.17, 15) is 4.79 Å². The third-order valence-electron chi connectivity index (χ3n) is 0.962. The lowest BCUT2D eigenvalue weighted by atomic mass is 10.2. The molecule has 0 amide bonds. The van der Waals surface area contributed by atoms with Crippen molar-refractivity contribution in [3.63, 3.8) is 0 Å². The second kappa shape index (κ2) is 5.03. The van der Waals surface area contributed by atoms with Gasteiger partial charge in [0.2, 0.25) is 0 Å². The van der Waals surface area contributed by atoms with Crippen molar-refractivity contribution in [1.82, 2.24) is 5.32 Å². The van der Waals surface area contributed by atoms with Crippen molar-refractivity contribution in [3.05, 3.63) is 12.3 Å². The quantitative estimate of drug-likeness (QED) is 0.598. The average molecular weight is 141 g/mol. The van der Waals surface area contributed by atoms with Gasteiger partial charge in [0, 0.05) is 6.54 Å². The van der Waals surface area contributed by atoms with Gasteiger partial charge in [-0.1, -0.05) is 13.8 Å². The Hall–Kier alpha value is -0.790. The number of ketones is 1. The molecule has 1 N–H and O–H groups in total. The van der Waals surface area contributed by atoms with Gasteiger partial charge in [-0.2, -0.15) is 0 Å². The van der Waals surface area contributed by atoms with Crippen molar-refractivity contribution >= 4 is 5.78 Å². The molecule has 0 aromatic rings. The molecule has 0 aromatic heterocycles. The van der Waals surface area contributed by atoms with Crippen LogP contribution in [0.4, 0.5) is 0 Å². The minimum absolute atomic E-state index is 0.0799. The number of hydrogen-bond acceptors (Lipinski definition) is 2. The Morgan fingerprint density at radius 1 is 1.60 bits per heavy atom. The number of carbonyl (C=O) groups excluding carboxylic acids is 1. The second-order valence-corrected chi connectivity index (χ2v) is 2.75. The van der Waals surface area contributed by atoms with E-state index < -0.39 is 0 Å². The normalized spacial score (nSPS) is 10.8. The zero-order chi connectivity index (χ0) is 7.98. The van der Waals surface area contributed by atoms with Crippen molar-refractivity contribution in [2.45, 2.75) is 20.8 Å². The van der Waals surface area contributed by atoms with Crippen LogP contribution in [-0.4, -0.2) is 12.3 Å². The Bertz CT molecular complexity index is 127. The summed E-state index contributed by atoms with van der Waals surface area (Å²) in [7, 11) is 0. The lowest BCUT2D eigenvalue weighted by molar-refractivity contribution is -0.112. The van der Waals surface area contributed by atoms with Crippen LogP contribution in [-0.2, 0) is 4.79 Å². The molecule has 0 radical (unpaired) electrons. The van der Waals surface area contributed by atoms with Gasteiger partial charge in [-0.3, -0.25) is 4.79 Å².